The Hall–Kier alpha value is -2.02. The quantitative estimate of drug-likeness (QED) is 0.824. The van der Waals surface area contributed by atoms with E-state index >= 15 is 0 Å². The first-order valence-corrected chi connectivity index (χ1v) is 8.94. The maximum atomic E-state index is 13.5. The van der Waals surface area contributed by atoms with Gasteiger partial charge in [0.25, 0.3) is 0 Å². The minimum Gasteiger partial charge on any atom is -0.369 e. The van der Waals surface area contributed by atoms with E-state index < -0.39 is 11.7 Å². The van der Waals surface area contributed by atoms with Crippen molar-refractivity contribution in [2.45, 2.75) is 25.4 Å². The van der Waals surface area contributed by atoms with Crippen molar-refractivity contribution in [3.63, 3.8) is 0 Å². The van der Waals surface area contributed by atoms with Crippen LogP contribution in [-0.4, -0.2) is 44.0 Å². The summed E-state index contributed by atoms with van der Waals surface area (Å²) in [6.07, 6.45) is 1.46. The van der Waals surface area contributed by atoms with E-state index in [2.05, 4.69) is 10.2 Å². The average molecular weight is 367 g/mol. The van der Waals surface area contributed by atoms with Crippen LogP contribution in [-0.2, 0) is 11.0 Å². The number of hydrogen-bond donors (Lipinski definition) is 1. The maximum absolute atomic E-state index is 13.5. The van der Waals surface area contributed by atoms with Crippen LogP contribution in [0.2, 0.25) is 0 Å². The monoisotopic (exact) mass is 367 g/mol. The van der Waals surface area contributed by atoms with Crippen molar-refractivity contribution in [1.82, 2.24) is 4.90 Å². The van der Waals surface area contributed by atoms with Gasteiger partial charge in [0.1, 0.15) is 0 Å². The minimum atomic E-state index is -4.52. The number of likely N-dealkylation sites (N-methyl/N-ethyl adjacent to an activating group) is 1. The Balaban J connectivity index is 1.76. The number of carbonyl (C=O) groups is 1. The number of anilines is 2. The topological polar surface area (TPSA) is 35.6 Å². The number of halogens is 3. The molecular weight excluding hydrogens is 343 g/mol. The molecule has 1 unspecified atom stereocenters. The van der Waals surface area contributed by atoms with Crippen LogP contribution in [0.5, 0.6) is 0 Å². The number of alkyl halides is 3. The number of allylic oxidation sites excluding steroid dienone is 2. The first-order valence-electron chi connectivity index (χ1n) is 8.94. The van der Waals surface area contributed by atoms with Gasteiger partial charge in [0, 0.05) is 38.3 Å². The lowest BCUT2D eigenvalue weighted by molar-refractivity contribution is -0.136. The molecule has 1 saturated heterocycles. The second kappa shape index (κ2) is 7.70. The van der Waals surface area contributed by atoms with Crippen LogP contribution in [0.3, 0.4) is 0 Å². The second-order valence-corrected chi connectivity index (χ2v) is 7.04. The SMILES string of the molecule is CN1CCN(c2ccc(NC(=O)CC3C=CCC3)c(C(F)(F)F)c2)CC1. The fourth-order valence-corrected chi connectivity index (χ4v) is 3.44. The van der Waals surface area contributed by atoms with E-state index in [-0.39, 0.29) is 23.9 Å². The maximum Gasteiger partial charge on any atom is 0.418 e. The fraction of sp³-hybridized carbons (Fsp3) is 0.526. The van der Waals surface area contributed by atoms with Crippen molar-refractivity contribution in [2.24, 2.45) is 5.92 Å². The smallest absolute Gasteiger partial charge is 0.369 e. The van der Waals surface area contributed by atoms with Crippen LogP contribution in [0.15, 0.2) is 30.4 Å². The van der Waals surface area contributed by atoms with Gasteiger partial charge in [0.15, 0.2) is 0 Å². The van der Waals surface area contributed by atoms with Gasteiger partial charge >= 0.3 is 6.18 Å². The Kier molecular flexibility index (Phi) is 5.55. The number of rotatable bonds is 4. The van der Waals surface area contributed by atoms with Crippen molar-refractivity contribution in [1.29, 1.82) is 0 Å². The van der Waals surface area contributed by atoms with E-state index in [1.54, 1.807) is 6.07 Å². The Morgan fingerprint density at radius 3 is 2.58 bits per heavy atom. The molecule has 1 aromatic carbocycles. The van der Waals surface area contributed by atoms with Crippen LogP contribution in [0.4, 0.5) is 24.5 Å². The van der Waals surface area contributed by atoms with Crippen molar-refractivity contribution >= 4 is 17.3 Å². The van der Waals surface area contributed by atoms with E-state index in [0.717, 1.165) is 32.0 Å². The van der Waals surface area contributed by atoms with Crippen molar-refractivity contribution in [2.75, 3.05) is 43.4 Å². The van der Waals surface area contributed by atoms with E-state index in [1.807, 2.05) is 24.1 Å². The highest BCUT2D eigenvalue weighted by atomic mass is 19.4. The second-order valence-electron chi connectivity index (χ2n) is 7.04. The van der Waals surface area contributed by atoms with Crippen LogP contribution in [0.25, 0.3) is 0 Å². The molecule has 0 radical (unpaired) electrons. The third-order valence-electron chi connectivity index (χ3n) is 5.01. The van der Waals surface area contributed by atoms with Gasteiger partial charge in [-0.15, -0.1) is 0 Å². The molecule has 4 nitrogen and oxygen atoms in total. The predicted octanol–water partition coefficient (Wildman–Crippen LogP) is 3.75. The highest BCUT2D eigenvalue weighted by Gasteiger charge is 2.35. The number of piperazine rings is 1. The number of amides is 1. The van der Waals surface area contributed by atoms with Crippen molar-refractivity contribution in [3.05, 3.63) is 35.9 Å². The summed E-state index contributed by atoms with van der Waals surface area (Å²) in [5.74, 6) is -0.256. The van der Waals surface area contributed by atoms with Gasteiger partial charge < -0.3 is 15.1 Å². The summed E-state index contributed by atoms with van der Waals surface area (Å²) in [4.78, 5) is 16.2. The zero-order chi connectivity index (χ0) is 18.7. The van der Waals surface area contributed by atoms with Crippen LogP contribution in [0.1, 0.15) is 24.8 Å². The summed E-state index contributed by atoms with van der Waals surface area (Å²) in [5.41, 5.74) is -0.409. The summed E-state index contributed by atoms with van der Waals surface area (Å²) in [6.45, 7) is 3.00. The number of nitrogens with zero attached hydrogens (tertiary/aromatic N) is 2. The zero-order valence-electron chi connectivity index (χ0n) is 14.9. The number of carbonyl (C=O) groups excluding carboxylic acids is 1. The van der Waals surface area contributed by atoms with Gasteiger partial charge in [-0.2, -0.15) is 13.2 Å². The molecule has 3 rings (SSSR count). The largest absolute Gasteiger partial charge is 0.418 e. The standard InChI is InChI=1S/C19H24F3N3O/c1-24-8-10-25(11-9-24)15-6-7-17(16(13-15)19(20,21)22)23-18(26)12-14-4-2-3-5-14/h2,4,6-7,13-14H,3,5,8-12H2,1H3,(H,23,26). The molecule has 2 aliphatic rings. The highest BCUT2D eigenvalue weighted by Crippen LogP contribution is 2.37. The third-order valence-corrected chi connectivity index (χ3v) is 5.01. The Bertz CT molecular complexity index is 679. The first kappa shape index (κ1) is 18.8. The molecule has 0 aromatic heterocycles. The molecule has 0 bridgehead atoms. The molecule has 26 heavy (non-hydrogen) atoms. The summed E-state index contributed by atoms with van der Waals surface area (Å²) in [6, 6.07) is 4.18. The molecule has 1 aliphatic heterocycles. The normalized spacial score (nSPS) is 21.2. The van der Waals surface area contributed by atoms with Crippen LogP contribution >= 0.6 is 0 Å². The van der Waals surface area contributed by atoms with Crippen LogP contribution < -0.4 is 10.2 Å². The van der Waals surface area contributed by atoms with E-state index in [9.17, 15) is 18.0 Å². The summed E-state index contributed by atoms with van der Waals surface area (Å²) < 4.78 is 40.6. The Labute approximate surface area is 151 Å². The number of nitrogens with one attached hydrogen (secondary N) is 1. The Morgan fingerprint density at radius 2 is 1.96 bits per heavy atom. The van der Waals surface area contributed by atoms with Crippen molar-refractivity contribution < 1.29 is 18.0 Å². The minimum absolute atomic E-state index is 0.119. The van der Waals surface area contributed by atoms with Gasteiger partial charge in [-0.3, -0.25) is 4.79 Å². The van der Waals surface area contributed by atoms with E-state index in [4.69, 9.17) is 0 Å². The van der Waals surface area contributed by atoms with E-state index in [0.29, 0.717) is 18.8 Å². The summed E-state index contributed by atoms with van der Waals surface area (Å²) in [7, 11) is 2.00. The zero-order valence-corrected chi connectivity index (χ0v) is 14.9. The Morgan fingerprint density at radius 1 is 1.23 bits per heavy atom. The third kappa shape index (κ3) is 4.58. The molecule has 1 aromatic rings. The van der Waals surface area contributed by atoms with Gasteiger partial charge in [-0.05, 0) is 44.0 Å². The molecule has 0 saturated carbocycles. The molecule has 142 valence electrons. The van der Waals surface area contributed by atoms with Gasteiger partial charge in [0.05, 0.1) is 11.3 Å². The molecule has 1 N–H and O–H groups in total. The predicted molar refractivity (Wildman–Crippen MR) is 96.3 cm³/mol. The number of hydrogen-bond acceptors (Lipinski definition) is 3. The molecule has 7 heteroatoms. The van der Waals surface area contributed by atoms with Gasteiger partial charge in [-0.1, -0.05) is 12.2 Å². The first-order chi connectivity index (χ1) is 12.3. The summed E-state index contributed by atoms with van der Waals surface area (Å²) >= 11 is 0. The molecule has 1 amide bonds. The molecule has 1 atom stereocenters. The van der Waals surface area contributed by atoms with E-state index in [1.165, 1.54) is 6.07 Å². The van der Waals surface area contributed by atoms with Crippen LogP contribution in [0, 0.1) is 5.92 Å². The molecule has 1 aliphatic carbocycles. The number of benzene rings is 1. The lowest BCUT2D eigenvalue weighted by Crippen LogP contribution is -2.44. The summed E-state index contributed by atoms with van der Waals surface area (Å²) in [5, 5.41) is 2.46. The fourth-order valence-electron chi connectivity index (χ4n) is 3.44. The lowest BCUT2D eigenvalue weighted by Gasteiger charge is -2.34. The van der Waals surface area contributed by atoms with Crippen molar-refractivity contribution in [3.8, 4) is 0 Å². The molecule has 1 fully saturated rings. The van der Waals surface area contributed by atoms with Gasteiger partial charge in [-0.25, -0.2) is 0 Å². The molecule has 1 heterocycles. The molecule has 0 spiro atoms. The highest BCUT2D eigenvalue weighted by molar-refractivity contribution is 5.92. The average Bonchev–Trinajstić information content (AvgIpc) is 3.08. The molecular formula is C19H24F3N3O. The lowest BCUT2D eigenvalue weighted by atomic mass is 10.0. The van der Waals surface area contributed by atoms with Gasteiger partial charge in [0.2, 0.25) is 5.91 Å².